The van der Waals surface area contributed by atoms with Gasteiger partial charge in [-0.05, 0) is 81.3 Å². The number of pyridine rings is 1. The fourth-order valence-corrected chi connectivity index (χ4v) is 5.99. The van der Waals surface area contributed by atoms with Crippen LogP contribution in [0.5, 0.6) is 5.75 Å². The number of anilines is 1. The summed E-state index contributed by atoms with van der Waals surface area (Å²) in [6.07, 6.45) is 2.20. The number of hydrogen-bond donors (Lipinski definition) is 1. The van der Waals surface area contributed by atoms with Crippen LogP contribution in [-0.2, 0) is 11.5 Å². The highest BCUT2D eigenvalue weighted by molar-refractivity contribution is 6.43. The Morgan fingerprint density at radius 2 is 1.76 bits per heavy atom. The van der Waals surface area contributed by atoms with Gasteiger partial charge in [-0.3, -0.25) is 14.3 Å². The second kappa shape index (κ2) is 14.5. The van der Waals surface area contributed by atoms with Crippen molar-refractivity contribution in [3.63, 3.8) is 0 Å². The zero-order chi connectivity index (χ0) is 30.3. The average Bonchev–Trinajstić information content (AvgIpc) is 2.93. The van der Waals surface area contributed by atoms with Gasteiger partial charge < -0.3 is 19.7 Å². The van der Waals surface area contributed by atoms with Crippen molar-refractivity contribution < 1.29 is 14.3 Å². The second-order valence-electron chi connectivity index (χ2n) is 11.9. The molecule has 1 aliphatic heterocycles. The molecule has 3 aromatic rings. The van der Waals surface area contributed by atoms with Crippen LogP contribution >= 0.6 is 23.2 Å². The number of carbonyl (C=O) groups excluding carboxylic acids is 1. The highest BCUT2D eigenvalue weighted by Gasteiger charge is 2.23. The first-order chi connectivity index (χ1) is 20.0. The van der Waals surface area contributed by atoms with Crippen LogP contribution in [0.3, 0.4) is 0 Å². The summed E-state index contributed by atoms with van der Waals surface area (Å²) in [6.45, 7) is 13.3. The molecule has 2 heterocycles. The number of ether oxygens (including phenoxy) is 2. The van der Waals surface area contributed by atoms with Crippen LogP contribution < -0.4 is 20.5 Å². The third-order valence-corrected chi connectivity index (χ3v) is 8.24. The maximum Gasteiger partial charge on any atom is 0.409 e. The van der Waals surface area contributed by atoms with Gasteiger partial charge in [0.05, 0.1) is 27.9 Å². The van der Waals surface area contributed by atoms with Gasteiger partial charge in [-0.2, -0.15) is 0 Å². The van der Waals surface area contributed by atoms with E-state index in [0.29, 0.717) is 33.8 Å². The number of nitrogens with one attached hydrogen (secondary N) is 1. The van der Waals surface area contributed by atoms with E-state index in [2.05, 4.69) is 29.0 Å². The van der Waals surface area contributed by atoms with Gasteiger partial charge in [0.25, 0.3) is 5.56 Å². The summed E-state index contributed by atoms with van der Waals surface area (Å²) in [5, 5.41) is 4.97. The Morgan fingerprint density at radius 3 is 2.50 bits per heavy atom. The quantitative estimate of drug-likeness (QED) is 0.226. The number of fused-ring (bicyclic) bond motifs is 1. The molecule has 2 aromatic carbocycles. The molecule has 0 atom stereocenters. The van der Waals surface area contributed by atoms with Gasteiger partial charge in [0.1, 0.15) is 5.75 Å². The van der Waals surface area contributed by atoms with Crippen molar-refractivity contribution in [2.75, 3.05) is 44.2 Å². The SMILES string of the molecule is CC(C)CC(C)(C)NC(=O)OCn1c(=O)ccc2ccc(OCCCCN3CCN(c4cccc(Cl)c4Cl)CC3)cc21. The van der Waals surface area contributed by atoms with Crippen LogP contribution in [0.1, 0.15) is 47.0 Å². The van der Waals surface area contributed by atoms with Gasteiger partial charge in [0.15, 0.2) is 6.73 Å². The Balaban J connectivity index is 1.24. The molecule has 1 aromatic heterocycles. The lowest BCUT2D eigenvalue weighted by Gasteiger charge is -2.36. The van der Waals surface area contributed by atoms with Gasteiger partial charge >= 0.3 is 6.09 Å². The number of amides is 1. The van der Waals surface area contributed by atoms with Crippen LogP contribution in [0.15, 0.2) is 53.3 Å². The second-order valence-corrected chi connectivity index (χ2v) is 12.7. The predicted molar refractivity (Wildman–Crippen MR) is 171 cm³/mol. The van der Waals surface area contributed by atoms with Crippen molar-refractivity contribution in [2.24, 2.45) is 5.92 Å². The summed E-state index contributed by atoms with van der Waals surface area (Å²) in [6, 6.07) is 14.7. The van der Waals surface area contributed by atoms with Gasteiger partial charge in [0.2, 0.25) is 0 Å². The summed E-state index contributed by atoms with van der Waals surface area (Å²) in [4.78, 5) is 29.9. The normalized spacial score (nSPS) is 14.4. The predicted octanol–water partition coefficient (Wildman–Crippen LogP) is 6.80. The van der Waals surface area contributed by atoms with E-state index in [4.69, 9.17) is 32.7 Å². The highest BCUT2D eigenvalue weighted by Crippen LogP contribution is 2.33. The van der Waals surface area contributed by atoms with Crippen LogP contribution in [0.2, 0.25) is 10.0 Å². The molecule has 4 rings (SSSR count). The minimum atomic E-state index is -0.549. The number of rotatable bonds is 12. The van der Waals surface area contributed by atoms with Crippen LogP contribution in [0, 0.1) is 5.92 Å². The molecule has 0 radical (unpaired) electrons. The number of carbonyl (C=O) groups is 1. The Labute approximate surface area is 258 Å². The number of aromatic nitrogens is 1. The first-order valence-corrected chi connectivity index (χ1v) is 15.4. The standard InChI is InChI=1S/C32H42Cl2N4O4/c1-23(2)21-32(3,4)35-31(40)42-22-38-28-20-25(12-10-24(28)11-13-29(38)39)41-19-6-5-14-36-15-17-37(18-16-36)27-9-7-8-26(33)30(27)34/h7-13,20,23H,5-6,14-19,21-22H2,1-4H3,(H,35,40). The van der Waals surface area contributed by atoms with Crippen molar-refractivity contribution in [1.29, 1.82) is 0 Å². The third kappa shape index (κ3) is 8.79. The lowest BCUT2D eigenvalue weighted by molar-refractivity contribution is 0.104. The molecule has 10 heteroatoms. The third-order valence-electron chi connectivity index (χ3n) is 7.43. The number of halogens is 2. The lowest BCUT2D eigenvalue weighted by atomic mass is 9.93. The van der Waals surface area contributed by atoms with Crippen LogP contribution in [0.4, 0.5) is 10.5 Å². The van der Waals surface area contributed by atoms with Crippen molar-refractivity contribution in [2.45, 2.75) is 59.2 Å². The van der Waals surface area contributed by atoms with Gasteiger partial charge in [-0.15, -0.1) is 0 Å². The largest absolute Gasteiger partial charge is 0.494 e. The maximum absolute atomic E-state index is 12.7. The number of piperazine rings is 1. The number of nitrogens with zero attached hydrogens (tertiary/aromatic N) is 3. The van der Waals surface area contributed by atoms with E-state index < -0.39 is 11.6 Å². The molecular weight excluding hydrogens is 575 g/mol. The van der Waals surface area contributed by atoms with E-state index in [1.165, 1.54) is 10.6 Å². The van der Waals surface area contributed by atoms with Crippen molar-refractivity contribution in [3.8, 4) is 5.75 Å². The van der Waals surface area contributed by atoms with E-state index >= 15 is 0 Å². The zero-order valence-corrected chi connectivity index (χ0v) is 26.5. The highest BCUT2D eigenvalue weighted by atomic mass is 35.5. The molecule has 1 N–H and O–H groups in total. The van der Waals surface area contributed by atoms with E-state index in [1.807, 2.05) is 50.2 Å². The first kappa shape index (κ1) is 32.0. The topological polar surface area (TPSA) is 76.0 Å². The summed E-state index contributed by atoms with van der Waals surface area (Å²) in [5.74, 6) is 1.10. The molecule has 1 amide bonds. The number of hydrogen-bond acceptors (Lipinski definition) is 6. The Kier molecular flexibility index (Phi) is 11.0. The van der Waals surface area contributed by atoms with Crippen LogP contribution in [-0.4, -0.2) is 60.4 Å². The molecule has 1 aliphatic rings. The van der Waals surface area contributed by atoms with E-state index in [9.17, 15) is 9.59 Å². The molecule has 228 valence electrons. The molecule has 1 fully saturated rings. The summed E-state index contributed by atoms with van der Waals surface area (Å²) >= 11 is 12.6. The molecule has 0 unspecified atom stereocenters. The molecule has 0 bridgehead atoms. The fraction of sp³-hybridized carbons (Fsp3) is 0.500. The summed E-state index contributed by atoms with van der Waals surface area (Å²) < 4.78 is 12.9. The minimum absolute atomic E-state index is 0.181. The average molecular weight is 618 g/mol. The van der Waals surface area contributed by atoms with Crippen molar-refractivity contribution in [1.82, 2.24) is 14.8 Å². The Bertz CT molecular complexity index is 1420. The first-order valence-electron chi connectivity index (χ1n) is 14.6. The molecule has 0 saturated carbocycles. The van der Waals surface area contributed by atoms with E-state index in [1.54, 1.807) is 6.07 Å². The molecule has 8 nitrogen and oxygen atoms in total. The summed E-state index contributed by atoms with van der Waals surface area (Å²) in [5.41, 5.74) is 1.01. The lowest BCUT2D eigenvalue weighted by Crippen LogP contribution is -2.46. The molecule has 0 spiro atoms. The maximum atomic E-state index is 12.7. The minimum Gasteiger partial charge on any atom is -0.494 e. The smallest absolute Gasteiger partial charge is 0.409 e. The van der Waals surface area contributed by atoms with E-state index in [0.717, 1.165) is 63.1 Å². The number of benzene rings is 2. The monoisotopic (exact) mass is 616 g/mol. The number of alkyl carbamates (subject to hydrolysis) is 1. The molecule has 0 aliphatic carbocycles. The van der Waals surface area contributed by atoms with Crippen molar-refractivity contribution >= 4 is 45.9 Å². The van der Waals surface area contributed by atoms with Crippen LogP contribution in [0.25, 0.3) is 10.9 Å². The van der Waals surface area contributed by atoms with Crippen molar-refractivity contribution in [3.05, 3.63) is 68.9 Å². The van der Waals surface area contributed by atoms with E-state index in [-0.39, 0.29) is 12.3 Å². The number of unbranched alkanes of at least 4 members (excludes halogenated alkanes) is 1. The Hall–Kier alpha value is -2.94. The zero-order valence-electron chi connectivity index (χ0n) is 25.0. The molecular formula is C32H42Cl2N4O4. The van der Waals surface area contributed by atoms with Gasteiger partial charge in [-0.1, -0.05) is 43.1 Å². The fourth-order valence-electron chi connectivity index (χ4n) is 5.57. The van der Waals surface area contributed by atoms with Gasteiger partial charge in [-0.25, -0.2) is 4.79 Å². The Morgan fingerprint density at radius 1 is 1.02 bits per heavy atom. The summed E-state index contributed by atoms with van der Waals surface area (Å²) in [7, 11) is 0. The van der Waals surface area contributed by atoms with Gasteiger partial charge in [0, 0.05) is 43.9 Å². The molecule has 1 saturated heterocycles. The molecule has 42 heavy (non-hydrogen) atoms.